The summed E-state index contributed by atoms with van der Waals surface area (Å²) in [4.78, 5) is 12.3. The van der Waals surface area contributed by atoms with Crippen molar-refractivity contribution in [3.63, 3.8) is 0 Å². The standard InChI is InChI=1S/C12H19ClN4O2/c1-18-11-15-10(16-12(17-11)19-2)14-9-6-4-3-5-8(9)7-13/h8-9H,3-7H2,1-2H3,(H,14,15,16,17). The van der Waals surface area contributed by atoms with Crippen LogP contribution in [0.25, 0.3) is 0 Å². The van der Waals surface area contributed by atoms with Crippen molar-refractivity contribution in [3.8, 4) is 12.0 Å². The van der Waals surface area contributed by atoms with Crippen LogP contribution in [0.1, 0.15) is 25.7 Å². The summed E-state index contributed by atoms with van der Waals surface area (Å²) in [6, 6.07) is 0.781. The smallest absolute Gasteiger partial charge is 0.324 e. The minimum Gasteiger partial charge on any atom is -0.467 e. The highest BCUT2D eigenvalue weighted by atomic mass is 35.5. The first-order valence-electron chi connectivity index (χ1n) is 6.43. The van der Waals surface area contributed by atoms with E-state index in [0.717, 1.165) is 12.8 Å². The van der Waals surface area contributed by atoms with Gasteiger partial charge >= 0.3 is 12.0 Å². The van der Waals surface area contributed by atoms with Gasteiger partial charge in [0, 0.05) is 11.9 Å². The van der Waals surface area contributed by atoms with Crippen LogP contribution in [0.4, 0.5) is 5.95 Å². The molecule has 2 unspecified atom stereocenters. The quantitative estimate of drug-likeness (QED) is 0.836. The van der Waals surface area contributed by atoms with Crippen LogP contribution in [0.5, 0.6) is 12.0 Å². The Kier molecular flexibility index (Phi) is 5.01. The maximum Gasteiger partial charge on any atom is 0.324 e. The molecule has 1 fully saturated rings. The van der Waals surface area contributed by atoms with Crippen molar-refractivity contribution in [2.45, 2.75) is 31.7 Å². The van der Waals surface area contributed by atoms with Crippen LogP contribution >= 0.6 is 11.6 Å². The molecule has 1 aliphatic carbocycles. The van der Waals surface area contributed by atoms with Gasteiger partial charge in [0.15, 0.2) is 0 Å². The molecule has 1 heterocycles. The number of nitrogens with one attached hydrogen (secondary N) is 1. The Labute approximate surface area is 117 Å². The highest BCUT2D eigenvalue weighted by Crippen LogP contribution is 2.27. The highest BCUT2D eigenvalue weighted by molar-refractivity contribution is 6.18. The monoisotopic (exact) mass is 286 g/mol. The third-order valence-corrected chi connectivity index (χ3v) is 3.78. The summed E-state index contributed by atoms with van der Waals surface area (Å²) in [6.07, 6.45) is 4.65. The van der Waals surface area contributed by atoms with Gasteiger partial charge in [-0.15, -0.1) is 16.6 Å². The molecule has 19 heavy (non-hydrogen) atoms. The molecule has 0 bridgehead atoms. The first-order valence-corrected chi connectivity index (χ1v) is 6.96. The van der Waals surface area contributed by atoms with Gasteiger partial charge in [0.05, 0.1) is 14.2 Å². The van der Waals surface area contributed by atoms with Gasteiger partial charge in [-0.1, -0.05) is 12.8 Å². The summed E-state index contributed by atoms with van der Waals surface area (Å²) in [5, 5.41) is 3.32. The zero-order chi connectivity index (χ0) is 13.7. The number of aromatic nitrogens is 3. The summed E-state index contributed by atoms with van der Waals surface area (Å²) in [5.41, 5.74) is 0. The number of methoxy groups -OCH3 is 2. The zero-order valence-corrected chi connectivity index (χ0v) is 12.0. The average Bonchev–Trinajstić information content (AvgIpc) is 2.47. The van der Waals surface area contributed by atoms with Crippen LogP contribution in [0.15, 0.2) is 0 Å². The van der Waals surface area contributed by atoms with E-state index in [4.69, 9.17) is 21.1 Å². The molecule has 1 aromatic rings. The van der Waals surface area contributed by atoms with E-state index in [2.05, 4.69) is 20.3 Å². The Hall–Kier alpha value is -1.30. The molecule has 0 saturated heterocycles. The van der Waals surface area contributed by atoms with Crippen molar-refractivity contribution in [2.24, 2.45) is 5.92 Å². The highest BCUT2D eigenvalue weighted by Gasteiger charge is 2.25. The molecule has 1 aliphatic rings. The number of rotatable bonds is 5. The van der Waals surface area contributed by atoms with E-state index in [-0.39, 0.29) is 12.0 Å². The lowest BCUT2D eigenvalue weighted by Crippen LogP contribution is -2.34. The Morgan fingerprint density at radius 1 is 1.11 bits per heavy atom. The zero-order valence-electron chi connectivity index (χ0n) is 11.2. The summed E-state index contributed by atoms with van der Waals surface area (Å²) in [5.74, 6) is 1.58. The van der Waals surface area contributed by atoms with E-state index in [0.29, 0.717) is 23.8 Å². The molecule has 6 nitrogen and oxygen atoms in total. The summed E-state index contributed by atoms with van der Waals surface area (Å²) >= 11 is 6.02. The maximum absolute atomic E-state index is 6.02. The molecular weight excluding hydrogens is 268 g/mol. The minimum absolute atomic E-state index is 0.243. The molecule has 106 valence electrons. The Balaban J connectivity index is 2.12. The second kappa shape index (κ2) is 6.75. The number of alkyl halides is 1. The van der Waals surface area contributed by atoms with E-state index in [9.17, 15) is 0 Å². The van der Waals surface area contributed by atoms with Gasteiger partial charge in [-0.3, -0.25) is 0 Å². The van der Waals surface area contributed by atoms with Crippen molar-refractivity contribution in [1.29, 1.82) is 0 Å². The van der Waals surface area contributed by atoms with Crippen LogP contribution in [0.3, 0.4) is 0 Å². The van der Waals surface area contributed by atoms with Crippen LogP contribution in [-0.2, 0) is 0 Å². The minimum atomic E-state index is 0.243. The molecule has 0 radical (unpaired) electrons. The van der Waals surface area contributed by atoms with Gasteiger partial charge in [-0.25, -0.2) is 0 Å². The Morgan fingerprint density at radius 2 is 1.74 bits per heavy atom. The lowest BCUT2D eigenvalue weighted by atomic mass is 9.86. The molecule has 0 aliphatic heterocycles. The van der Waals surface area contributed by atoms with Crippen LogP contribution in [-0.4, -0.2) is 41.1 Å². The summed E-state index contributed by atoms with van der Waals surface area (Å²) in [7, 11) is 3.03. The Bertz CT molecular complexity index is 396. The first-order chi connectivity index (χ1) is 9.26. The van der Waals surface area contributed by atoms with Gasteiger partial charge in [0.2, 0.25) is 5.95 Å². The largest absolute Gasteiger partial charge is 0.467 e. The fourth-order valence-electron chi connectivity index (χ4n) is 2.33. The molecular formula is C12H19ClN4O2. The predicted molar refractivity (Wildman–Crippen MR) is 73.0 cm³/mol. The first kappa shape index (κ1) is 14.1. The summed E-state index contributed by atoms with van der Waals surface area (Å²) in [6.45, 7) is 0. The van der Waals surface area contributed by atoms with Crippen molar-refractivity contribution >= 4 is 17.5 Å². The third-order valence-electron chi connectivity index (χ3n) is 3.38. The van der Waals surface area contributed by atoms with Crippen LogP contribution < -0.4 is 14.8 Å². The lowest BCUT2D eigenvalue weighted by molar-refractivity contribution is 0.334. The van der Waals surface area contributed by atoms with E-state index in [1.807, 2.05) is 0 Å². The fraction of sp³-hybridized carbons (Fsp3) is 0.750. The topological polar surface area (TPSA) is 69.2 Å². The van der Waals surface area contributed by atoms with E-state index < -0.39 is 0 Å². The predicted octanol–water partition coefficient (Wildman–Crippen LogP) is 2.10. The molecule has 0 aromatic carbocycles. The fourth-order valence-corrected chi connectivity index (χ4v) is 2.70. The van der Waals surface area contributed by atoms with E-state index in [1.165, 1.54) is 27.1 Å². The molecule has 1 aromatic heterocycles. The molecule has 0 spiro atoms. The summed E-state index contributed by atoms with van der Waals surface area (Å²) < 4.78 is 10.1. The molecule has 1 N–H and O–H groups in total. The van der Waals surface area contributed by atoms with Crippen molar-refractivity contribution in [1.82, 2.24) is 15.0 Å². The average molecular weight is 287 g/mol. The van der Waals surface area contributed by atoms with Crippen molar-refractivity contribution < 1.29 is 9.47 Å². The number of nitrogens with zero attached hydrogens (tertiary/aromatic N) is 3. The molecule has 0 amide bonds. The van der Waals surface area contributed by atoms with E-state index >= 15 is 0 Å². The number of anilines is 1. The number of hydrogen-bond acceptors (Lipinski definition) is 6. The number of halogens is 1. The van der Waals surface area contributed by atoms with E-state index in [1.54, 1.807) is 0 Å². The SMILES string of the molecule is COc1nc(NC2CCCCC2CCl)nc(OC)n1. The lowest BCUT2D eigenvalue weighted by Gasteiger charge is -2.30. The van der Waals surface area contributed by atoms with Gasteiger partial charge in [0.25, 0.3) is 0 Å². The van der Waals surface area contributed by atoms with Crippen LogP contribution in [0.2, 0.25) is 0 Å². The molecule has 2 atom stereocenters. The Morgan fingerprint density at radius 3 is 2.32 bits per heavy atom. The second-order valence-corrected chi connectivity index (χ2v) is 4.89. The second-order valence-electron chi connectivity index (χ2n) is 4.58. The molecule has 7 heteroatoms. The van der Waals surface area contributed by atoms with Crippen molar-refractivity contribution in [3.05, 3.63) is 0 Å². The molecule has 2 rings (SSSR count). The third kappa shape index (κ3) is 3.59. The molecule has 1 saturated carbocycles. The van der Waals surface area contributed by atoms with Gasteiger partial charge in [-0.05, 0) is 18.8 Å². The maximum atomic E-state index is 6.02. The number of hydrogen-bond donors (Lipinski definition) is 1. The van der Waals surface area contributed by atoms with Gasteiger partial charge < -0.3 is 14.8 Å². The van der Waals surface area contributed by atoms with Crippen molar-refractivity contribution in [2.75, 3.05) is 25.4 Å². The van der Waals surface area contributed by atoms with Crippen LogP contribution in [0, 0.1) is 5.92 Å². The normalized spacial score (nSPS) is 22.9. The van der Waals surface area contributed by atoms with Gasteiger partial charge in [0.1, 0.15) is 0 Å². The van der Waals surface area contributed by atoms with Gasteiger partial charge in [-0.2, -0.15) is 9.97 Å². The number of ether oxygens (including phenoxy) is 2.